The van der Waals surface area contributed by atoms with E-state index in [-0.39, 0.29) is 11.6 Å². The first-order valence-corrected chi connectivity index (χ1v) is 7.16. The lowest BCUT2D eigenvalue weighted by molar-refractivity contribution is 0.108. The van der Waals surface area contributed by atoms with Crippen molar-refractivity contribution in [3.05, 3.63) is 23.8 Å². The van der Waals surface area contributed by atoms with Crippen molar-refractivity contribution in [3.63, 3.8) is 0 Å². The summed E-state index contributed by atoms with van der Waals surface area (Å²) in [6, 6.07) is 5.95. The maximum absolute atomic E-state index is 5.95. The fourth-order valence-corrected chi connectivity index (χ4v) is 2.12. The van der Waals surface area contributed by atoms with Crippen LogP contribution in [0.25, 0.3) is 0 Å². The van der Waals surface area contributed by atoms with E-state index in [9.17, 15) is 0 Å². The predicted molar refractivity (Wildman–Crippen MR) is 85.2 cm³/mol. The average molecular weight is 296 g/mol. The minimum Gasteiger partial charge on any atom is -0.493 e. The van der Waals surface area contributed by atoms with Gasteiger partial charge in [0.2, 0.25) is 0 Å². The van der Waals surface area contributed by atoms with Crippen LogP contribution < -0.4 is 20.5 Å². The summed E-state index contributed by atoms with van der Waals surface area (Å²) in [6.07, 6.45) is 0.960. The Morgan fingerprint density at radius 3 is 2.38 bits per heavy atom. The lowest BCUT2D eigenvalue weighted by Crippen LogP contribution is -2.52. The normalized spacial score (nSPS) is 15.3. The first kappa shape index (κ1) is 17.8. The van der Waals surface area contributed by atoms with Crippen LogP contribution in [0.3, 0.4) is 0 Å². The largest absolute Gasteiger partial charge is 0.493 e. The fourth-order valence-electron chi connectivity index (χ4n) is 2.12. The van der Waals surface area contributed by atoms with Crippen molar-refractivity contribution in [2.45, 2.75) is 31.9 Å². The zero-order valence-electron chi connectivity index (χ0n) is 13.7. The van der Waals surface area contributed by atoms with Gasteiger partial charge in [-0.1, -0.05) is 6.07 Å². The lowest BCUT2D eigenvalue weighted by atomic mass is 9.92. The Labute approximate surface area is 127 Å². The zero-order chi connectivity index (χ0) is 15.9. The molecule has 1 aromatic rings. The van der Waals surface area contributed by atoms with Crippen LogP contribution in [0.4, 0.5) is 0 Å². The summed E-state index contributed by atoms with van der Waals surface area (Å²) in [6.45, 7) is 5.45. The van der Waals surface area contributed by atoms with Crippen molar-refractivity contribution in [1.82, 2.24) is 5.32 Å². The molecule has 0 fully saturated rings. The molecule has 120 valence electrons. The third-order valence-electron chi connectivity index (χ3n) is 3.71. The van der Waals surface area contributed by atoms with Gasteiger partial charge in [0.25, 0.3) is 0 Å². The molecule has 0 saturated carbocycles. The Kier molecular flexibility index (Phi) is 6.95. The Morgan fingerprint density at radius 1 is 1.19 bits per heavy atom. The lowest BCUT2D eigenvalue weighted by Gasteiger charge is -2.31. The Balaban J connectivity index is 2.80. The van der Waals surface area contributed by atoms with Crippen LogP contribution in [0.5, 0.6) is 11.5 Å². The second-order valence-electron chi connectivity index (χ2n) is 5.56. The molecule has 5 heteroatoms. The topological polar surface area (TPSA) is 65.7 Å². The van der Waals surface area contributed by atoms with Crippen molar-refractivity contribution in [2.75, 3.05) is 34.4 Å². The van der Waals surface area contributed by atoms with E-state index in [0.717, 1.165) is 30.0 Å². The van der Waals surface area contributed by atoms with Crippen LogP contribution in [-0.2, 0) is 11.2 Å². The third kappa shape index (κ3) is 5.19. The van der Waals surface area contributed by atoms with E-state index in [1.807, 2.05) is 25.1 Å². The molecule has 0 amide bonds. The number of hydrogen-bond acceptors (Lipinski definition) is 5. The van der Waals surface area contributed by atoms with E-state index in [1.54, 1.807) is 21.3 Å². The minimum atomic E-state index is -0.188. The maximum Gasteiger partial charge on any atom is 0.160 e. The molecule has 0 aliphatic carbocycles. The quantitative estimate of drug-likeness (QED) is 0.724. The summed E-state index contributed by atoms with van der Waals surface area (Å²) in [5.41, 5.74) is 6.91. The van der Waals surface area contributed by atoms with Gasteiger partial charge in [-0.3, -0.25) is 0 Å². The van der Waals surface area contributed by atoms with Gasteiger partial charge in [0.05, 0.1) is 20.3 Å². The molecule has 3 N–H and O–H groups in total. The van der Waals surface area contributed by atoms with E-state index in [2.05, 4.69) is 12.2 Å². The molecule has 0 radical (unpaired) electrons. The van der Waals surface area contributed by atoms with Gasteiger partial charge in [0.1, 0.15) is 0 Å². The molecule has 5 nitrogen and oxygen atoms in total. The number of nitrogens with one attached hydrogen (secondary N) is 1. The van der Waals surface area contributed by atoms with E-state index in [0.29, 0.717) is 6.54 Å². The summed E-state index contributed by atoms with van der Waals surface area (Å²) < 4.78 is 15.9. The van der Waals surface area contributed by atoms with Crippen molar-refractivity contribution in [3.8, 4) is 11.5 Å². The van der Waals surface area contributed by atoms with E-state index < -0.39 is 0 Å². The number of benzene rings is 1. The molecular weight excluding hydrogens is 268 g/mol. The van der Waals surface area contributed by atoms with Crippen LogP contribution in [-0.4, -0.2) is 46.1 Å². The molecule has 0 saturated heterocycles. The van der Waals surface area contributed by atoms with E-state index in [4.69, 9.17) is 19.9 Å². The SMILES string of the molecule is COc1ccc(CC(C)(CN)NCC(C)OC)cc1OC. The van der Waals surface area contributed by atoms with Crippen molar-refractivity contribution in [2.24, 2.45) is 5.73 Å². The van der Waals surface area contributed by atoms with Crippen LogP contribution >= 0.6 is 0 Å². The van der Waals surface area contributed by atoms with Crippen molar-refractivity contribution in [1.29, 1.82) is 0 Å². The second kappa shape index (κ2) is 8.22. The zero-order valence-corrected chi connectivity index (χ0v) is 13.7. The highest BCUT2D eigenvalue weighted by Gasteiger charge is 2.23. The van der Waals surface area contributed by atoms with E-state index >= 15 is 0 Å². The highest BCUT2D eigenvalue weighted by atomic mass is 16.5. The molecule has 0 aliphatic heterocycles. The van der Waals surface area contributed by atoms with E-state index in [1.165, 1.54) is 0 Å². The monoisotopic (exact) mass is 296 g/mol. The van der Waals surface area contributed by atoms with Gasteiger partial charge in [0.15, 0.2) is 11.5 Å². The molecule has 0 heterocycles. The number of hydrogen-bond donors (Lipinski definition) is 2. The predicted octanol–water partition coefficient (Wildman–Crippen LogP) is 1.59. The average Bonchev–Trinajstić information content (AvgIpc) is 2.52. The number of ether oxygens (including phenoxy) is 3. The minimum absolute atomic E-state index is 0.154. The first-order chi connectivity index (χ1) is 9.97. The van der Waals surface area contributed by atoms with Crippen LogP contribution in [0.15, 0.2) is 18.2 Å². The number of methoxy groups -OCH3 is 3. The maximum atomic E-state index is 5.95. The van der Waals surface area contributed by atoms with Crippen molar-refractivity contribution < 1.29 is 14.2 Å². The molecule has 0 spiro atoms. The van der Waals surface area contributed by atoms with Gasteiger partial charge in [-0.25, -0.2) is 0 Å². The molecule has 2 unspecified atom stereocenters. The van der Waals surface area contributed by atoms with Crippen LogP contribution in [0.1, 0.15) is 19.4 Å². The molecule has 2 atom stereocenters. The Bertz CT molecular complexity index is 440. The highest BCUT2D eigenvalue weighted by molar-refractivity contribution is 5.43. The molecule has 21 heavy (non-hydrogen) atoms. The van der Waals surface area contributed by atoms with Gasteiger partial charge in [-0.15, -0.1) is 0 Å². The summed E-state index contributed by atoms with van der Waals surface area (Å²) >= 11 is 0. The van der Waals surface area contributed by atoms with Gasteiger partial charge >= 0.3 is 0 Å². The summed E-state index contributed by atoms with van der Waals surface area (Å²) in [4.78, 5) is 0. The molecule has 0 aliphatic rings. The third-order valence-corrected chi connectivity index (χ3v) is 3.71. The highest BCUT2D eigenvalue weighted by Crippen LogP contribution is 2.28. The van der Waals surface area contributed by atoms with Gasteiger partial charge < -0.3 is 25.3 Å². The molecule has 0 aromatic heterocycles. The van der Waals surface area contributed by atoms with Crippen LogP contribution in [0.2, 0.25) is 0 Å². The molecule has 1 aromatic carbocycles. The van der Waals surface area contributed by atoms with Crippen LogP contribution in [0, 0.1) is 0 Å². The first-order valence-electron chi connectivity index (χ1n) is 7.16. The standard InChI is InChI=1S/C16H28N2O3/c1-12(19-3)10-18-16(2,11-17)9-13-6-7-14(20-4)15(8-13)21-5/h6-8,12,18H,9-11,17H2,1-5H3. The Morgan fingerprint density at radius 2 is 1.86 bits per heavy atom. The molecular formula is C16H28N2O3. The summed E-state index contributed by atoms with van der Waals surface area (Å²) in [5.74, 6) is 1.47. The smallest absolute Gasteiger partial charge is 0.160 e. The van der Waals surface area contributed by atoms with Gasteiger partial charge in [-0.2, -0.15) is 0 Å². The van der Waals surface area contributed by atoms with Gasteiger partial charge in [0, 0.05) is 25.7 Å². The second-order valence-corrected chi connectivity index (χ2v) is 5.56. The Hall–Kier alpha value is -1.30. The summed E-state index contributed by atoms with van der Waals surface area (Å²) in [7, 11) is 4.98. The molecule has 1 rings (SSSR count). The number of nitrogens with two attached hydrogens (primary N) is 1. The van der Waals surface area contributed by atoms with Gasteiger partial charge in [-0.05, 0) is 38.0 Å². The number of rotatable bonds is 9. The van der Waals surface area contributed by atoms with Crippen molar-refractivity contribution >= 4 is 0 Å². The molecule has 0 bridgehead atoms. The summed E-state index contributed by atoms with van der Waals surface area (Å²) in [5, 5.41) is 3.49. The fraction of sp³-hybridized carbons (Fsp3) is 0.625.